The van der Waals surface area contributed by atoms with Crippen molar-refractivity contribution in [3.63, 3.8) is 0 Å². The number of primary amides is 1. The Morgan fingerprint density at radius 3 is 2.95 bits per heavy atom. The number of nitrogens with zero attached hydrogens (tertiary/aromatic N) is 2. The molecule has 0 aliphatic carbocycles. The van der Waals surface area contributed by atoms with Crippen LogP contribution < -0.4 is 11.1 Å². The molecule has 8 heteroatoms. The van der Waals surface area contributed by atoms with E-state index in [0.717, 1.165) is 0 Å². The maximum atomic E-state index is 10.7. The largest absolute Gasteiger partial charge is 0.478 e. The Morgan fingerprint density at radius 2 is 2.32 bits per heavy atom. The summed E-state index contributed by atoms with van der Waals surface area (Å²) in [6.45, 7) is 0.321. The van der Waals surface area contributed by atoms with Crippen LogP contribution in [0.1, 0.15) is 16.1 Å². The third kappa shape index (κ3) is 3.35. The van der Waals surface area contributed by atoms with Crippen LogP contribution in [0.15, 0.2) is 29.1 Å². The number of hydrogen-bond donors (Lipinski definition) is 3. The van der Waals surface area contributed by atoms with Crippen LogP contribution in [0, 0.1) is 0 Å². The highest BCUT2D eigenvalue weighted by atomic mass is 16.4. The molecular weight excluding hydrogens is 252 g/mol. The van der Waals surface area contributed by atoms with Crippen molar-refractivity contribution in [1.29, 1.82) is 0 Å². The molecule has 0 spiro atoms. The van der Waals surface area contributed by atoms with Gasteiger partial charge in [0, 0.05) is 6.20 Å². The van der Waals surface area contributed by atoms with Crippen molar-refractivity contribution in [1.82, 2.24) is 9.78 Å². The molecule has 2 rings (SSSR count). The van der Waals surface area contributed by atoms with E-state index in [2.05, 4.69) is 10.4 Å². The van der Waals surface area contributed by atoms with Crippen LogP contribution >= 0.6 is 0 Å². The van der Waals surface area contributed by atoms with E-state index in [1.54, 1.807) is 6.20 Å². The fourth-order valence-electron chi connectivity index (χ4n) is 1.48. The second-order valence-electron chi connectivity index (χ2n) is 3.85. The molecule has 8 nitrogen and oxygen atoms in total. The zero-order chi connectivity index (χ0) is 13.8. The Bertz CT molecular complexity index is 601. The van der Waals surface area contributed by atoms with Gasteiger partial charge in [-0.25, -0.2) is 4.79 Å². The number of aromatic carboxylic acids is 1. The van der Waals surface area contributed by atoms with Crippen LogP contribution in [-0.4, -0.2) is 26.8 Å². The highest BCUT2D eigenvalue weighted by Gasteiger charge is 2.08. The van der Waals surface area contributed by atoms with Gasteiger partial charge in [0.2, 0.25) is 5.91 Å². The molecule has 19 heavy (non-hydrogen) atoms. The Balaban J connectivity index is 1.92. The summed E-state index contributed by atoms with van der Waals surface area (Å²) in [6, 6.07) is 1.43. The van der Waals surface area contributed by atoms with Crippen LogP contribution in [0.25, 0.3) is 0 Å². The zero-order valence-electron chi connectivity index (χ0n) is 9.87. The quantitative estimate of drug-likeness (QED) is 0.688. The number of nitrogens with two attached hydrogens (primary N) is 1. The predicted molar refractivity (Wildman–Crippen MR) is 64.4 cm³/mol. The van der Waals surface area contributed by atoms with E-state index in [4.69, 9.17) is 15.3 Å². The number of carboxylic acid groups (broad SMARTS) is 1. The standard InChI is InChI=1S/C11H12N4O4/c12-10(16)5-15-4-8(2-14-15)13-3-9-1-7(6-19-9)11(17)18/h1-2,4,6,13H,3,5H2,(H2,12,16)(H,17,18). The number of anilines is 1. The van der Waals surface area contributed by atoms with E-state index in [1.807, 2.05) is 0 Å². The maximum Gasteiger partial charge on any atom is 0.338 e. The minimum atomic E-state index is -1.04. The number of amides is 1. The number of aromatic nitrogens is 2. The Morgan fingerprint density at radius 1 is 1.53 bits per heavy atom. The molecule has 0 aliphatic heterocycles. The van der Waals surface area contributed by atoms with Crippen molar-refractivity contribution in [2.45, 2.75) is 13.1 Å². The molecule has 0 fully saturated rings. The number of carbonyl (C=O) groups excluding carboxylic acids is 1. The molecule has 0 bridgehead atoms. The molecule has 4 N–H and O–H groups in total. The van der Waals surface area contributed by atoms with E-state index in [0.29, 0.717) is 18.0 Å². The first-order chi connectivity index (χ1) is 9.04. The van der Waals surface area contributed by atoms with Crippen molar-refractivity contribution < 1.29 is 19.1 Å². The average Bonchev–Trinajstić information content (AvgIpc) is 2.94. The summed E-state index contributed by atoms with van der Waals surface area (Å²) in [5.41, 5.74) is 5.81. The number of nitrogens with one attached hydrogen (secondary N) is 1. The van der Waals surface area contributed by atoms with Crippen molar-refractivity contribution in [2.75, 3.05) is 5.32 Å². The second-order valence-corrected chi connectivity index (χ2v) is 3.85. The summed E-state index contributed by atoms with van der Waals surface area (Å²) < 4.78 is 6.47. The number of carbonyl (C=O) groups is 2. The van der Waals surface area contributed by atoms with E-state index in [9.17, 15) is 9.59 Å². The fraction of sp³-hybridized carbons (Fsp3) is 0.182. The van der Waals surface area contributed by atoms with Crippen molar-refractivity contribution >= 4 is 17.6 Å². The van der Waals surface area contributed by atoms with E-state index >= 15 is 0 Å². The summed E-state index contributed by atoms with van der Waals surface area (Å²) >= 11 is 0. The average molecular weight is 264 g/mol. The van der Waals surface area contributed by atoms with Gasteiger partial charge < -0.3 is 20.6 Å². The van der Waals surface area contributed by atoms with E-state index < -0.39 is 11.9 Å². The normalized spacial score (nSPS) is 10.3. The molecule has 0 atom stereocenters. The minimum Gasteiger partial charge on any atom is -0.478 e. The summed E-state index contributed by atoms with van der Waals surface area (Å²) in [4.78, 5) is 21.4. The van der Waals surface area contributed by atoms with Crippen LogP contribution in [0.2, 0.25) is 0 Å². The SMILES string of the molecule is NC(=O)Cn1cc(NCc2cc(C(=O)O)co2)cn1. The molecule has 0 saturated heterocycles. The molecule has 1 amide bonds. The topological polar surface area (TPSA) is 123 Å². The molecule has 100 valence electrons. The smallest absolute Gasteiger partial charge is 0.338 e. The molecule has 2 aromatic rings. The first-order valence-electron chi connectivity index (χ1n) is 5.40. The second kappa shape index (κ2) is 5.25. The van der Waals surface area contributed by atoms with Gasteiger partial charge in [-0.3, -0.25) is 9.48 Å². The van der Waals surface area contributed by atoms with Gasteiger partial charge >= 0.3 is 5.97 Å². The lowest BCUT2D eigenvalue weighted by atomic mass is 10.3. The Kier molecular flexibility index (Phi) is 3.51. The van der Waals surface area contributed by atoms with Gasteiger partial charge in [0.15, 0.2) is 0 Å². The van der Waals surface area contributed by atoms with Gasteiger partial charge in [0.25, 0.3) is 0 Å². The Hall–Kier alpha value is -2.77. The molecule has 2 heterocycles. The van der Waals surface area contributed by atoms with Crippen molar-refractivity contribution in [3.05, 3.63) is 36.0 Å². The predicted octanol–water partition coefficient (Wildman–Crippen LogP) is 0.272. The van der Waals surface area contributed by atoms with Crippen LogP contribution in [0.4, 0.5) is 5.69 Å². The van der Waals surface area contributed by atoms with Gasteiger partial charge in [0.1, 0.15) is 18.6 Å². The first kappa shape index (κ1) is 12.7. The molecule has 0 aliphatic rings. The molecule has 0 unspecified atom stereocenters. The fourth-order valence-corrected chi connectivity index (χ4v) is 1.48. The van der Waals surface area contributed by atoms with Gasteiger partial charge in [0.05, 0.1) is 24.0 Å². The third-order valence-corrected chi connectivity index (χ3v) is 2.32. The van der Waals surface area contributed by atoms with Crippen molar-refractivity contribution in [3.8, 4) is 0 Å². The molecule has 2 aromatic heterocycles. The first-order valence-corrected chi connectivity index (χ1v) is 5.40. The lowest BCUT2D eigenvalue weighted by Crippen LogP contribution is -2.18. The van der Waals surface area contributed by atoms with E-state index in [-0.39, 0.29) is 12.1 Å². The summed E-state index contributed by atoms with van der Waals surface area (Å²) in [7, 11) is 0. The van der Waals surface area contributed by atoms with Crippen LogP contribution in [-0.2, 0) is 17.9 Å². The van der Waals surface area contributed by atoms with E-state index in [1.165, 1.54) is 23.2 Å². The summed E-state index contributed by atoms with van der Waals surface area (Å²) in [6.07, 6.45) is 4.33. The Labute approximate surface area is 107 Å². The molecular formula is C11H12N4O4. The van der Waals surface area contributed by atoms with Crippen LogP contribution in [0.5, 0.6) is 0 Å². The number of furan rings is 1. The zero-order valence-corrected chi connectivity index (χ0v) is 9.87. The molecule has 0 aromatic carbocycles. The summed E-state index contributed by atoms with van der Waals surface area (Å²) in [5.74, 6) is -1.03. The lowest BCUT2D eigenvalue weighted by Gasteiger charge is -1.99. The number of carboxylic acids is 1. The third-order valence-electron chi connectivity index (χ3n) is 2.32. The highest BCUT2D eigenvalue weighted by Crippen LogP contribution is 2.11. The molecule has 0 saturated carbocycles. The highest BCUT2D eigenvalue weighted by molar-refractivity contribution is 5.87. The number of rotatable bonds is 6. The van der Waals surface area contributed by atoms with Crippen molar-refractivity contribution in [2.24, 2.45) is 5.73 Å². The number of hydrogen-bond acceptors (Lipinski definition) is 5. The van der Waals surface area contributed by atoms with Gasteiger partial charge in [-0.1, -0.05) is 0 Å². The monoisotopic (exact) mass is 264 g/mol. The summed E-state index contributed by atoms with van der Waals surface area (Å²) in [5, 5.41) is 15.6. The van der Waals surface area contributed by atoms with Gasteiger partial charge in [-0.15, -0.1) is 0 Å². The maximum absolute atomic E-state index is 10.7. The van der Waals surface area contributed by atoms with Crippen LogP contribution in [0.3, 0.4) is 0 Å². The minimum absolute atomic E-state index is 0.00555. The van der Waals surface area contributed by atoms with Gasteiger partial charge in [-0.05, 0) is 6.07 Å². The molecule has 0 radical (unpaired) electrons. The lowest BCUT2D eigenvalue weighted by molar-refractivity contribution is -0.118. The van der Waals surface area contributed by atoms with Gasteiger partial charge in [-0.2, -0.15) is 5.10 Å².